The Balaban J connectivity index is 1.68. The van der Waals surface area contributed by atoms with Gasteiger partial charge in [-0.25, -0.2) is 4.98 Å². The Bertz CT molecular complexity index is 851. The molecule has 1 amide bonds. The van der Waals surface area contributed by atoms with Crippen molar-refractivity contribution < 1.29 is 4.79 Å². The number of hydrogen-bond donors (Lipinski definition) is 2. The molecule has 3 N–H and O–H groups in total. The van der Waals surface area contributed by atoms with Gasteiger partial charge >= 0.3 is 0 Å². The second-order valence-corrected chi connectivity index (χ2v) is 5.62. The third-order valence-corrected chi connectivity index (χ3v) is 3.82. The van der Waals surface area contributed by atoms with E-state index in [1.807, 2.05) is 42.6 Å². The van der Waals surface area contributed by atoms with Gasteiger partial charge in [-0.2, -0.15) is 0 Å². The maximum atomic E-state index is 11.1. The van der Waals surface area contributed by atoms with E-state index in [1.165, 1.54) is 12.3 Å². The number of nitrogens with two attached hydrogens (primary N) is 1. The summed E-state index contributed by atoms with van der Waals surface area (Å²) in [4.78, 5) is 19.3. The number of halogens is 1. The van der Waals surface area contributed by atoms with Crippen molar-refractivity contribution in [2.24, 2.45) is 5.73 Å². The summed E-state index contributed by atoms with van der Waals surface area (Å²) in [7, 11) is 0. The second-order valence-electron chi connectivity index (χ2n) is 5.21. The van der Waals surface area contributed by atoms with Crippen molar-refractivity contribution >= 4 is 23.3 Å². The number of primary amides is 1. The van der Waals surface area contributed by atoms with Crippen molar-refractivity contribution in [1.82, 2.24) is 9.97 Å². The van der Waals surface area contributed by atoms with E-state index in [4.69, 9.17) is 17.3 Å². The molecule has 2 heterocycles. The summed E-state index contributed by atoms with van der Waals surface area (Å²) in [5.41, 5.74) is 8.74. The second kappa shape index (κ2) is 7.10. The standard InChI is InChI=1S/C18H15ClN4O/c19-16-8-15(17(20)24)11-23-18(16)22-9-12-3-5-13(6-4-12)14-2-1-7-21-10-14/h1-8,10-11H,9H2,(H2,20,24)(H,22,23). The van der Waals surface area contributed by atoms with Crippen LogP contribution in [0.1, 0.15) is 15.9 Å². The smallest absolute Gasteiger partial charge is 0.250 e. The fourth-order valence-corrected chi connectivity index (χ4v) is 2.47. The summed E-state index contributed by atoms with van der Waals surface area (Å²) in [5.74, 6) is -0.0417. The van der Waals surface area contributed by atoms with E-state index < -0.39 is 5.91 Å². The van der Waals surface area contributed by atoms with Crippen LogP contribution in [-0.2, 0) is 6.54 Å². The topological polar surface area (TPSA) is 80.9 Å². The molecule has 0 saturated carbocycles. The zero-order valence-corrected chi connectivity index (χ0v) is 13.5. The third-order valence-electron chi connectivity index (χ3n) is 3.53. The predicted molar refractivity (Wildman–Crippen MR) is 94.8 cm³/mol. The highest BCUT2D eigenvalue weighted by Crippen LogP contribution is 2.22. The number of nitrogens with one attached hydrogen (secondary N) is 1. The summed E-state index contributed by atoms with van der Waals surface area (Å²) in [6.45, 7) is 0.565. The van der Waals surface area contributed by atoms with Gasteiger partial charge in [0.1, 0.15) is 5.82 Å². The Morgan fingerprint density at radius 3 is 2.54 bits per heavy atom. The lowest BCUT2D eigenvalue weighted by Gasteiger charge is -2.09. The number of aromatic nitrogens is 2. The minimum atomic E-state index is -0.554. The van der Waals surface area contributed by atoms with Crippen LogP contribution in [0.3, 0.4) is 0 Å². The molecule has 3 aromatic rings. The Hall–Kier alpha value is -2.92. The van der Waals surface area contributed by atoms with E-state index in [1.54, 1.807) is 6.20 Å². The molecule has 1 aromatic carbocycles. The maximum absolute atomic E-state index is 11.1. The van der Waals surface area contributed by atoms with E-state index >= 15 is 0 Å². The largest absolute Gasteiger partial charge is 0.366 e. The molecule has 0 saturated heterocycles. The summed E-state index contributed by atoms with van der Waals surface area (Å²) in [5, 5.41) is 3.51. The van der Waals surface area contributed by atoms with Gasteiger partial charge in [-0.1, -0.05) is 41.9 Å². The zero-order valence-electron chi connectivity index (χ0n) is 12.7. The Morgan fingerprint density at radius 1 is 1.12 bits per heavy atom. The molecule has 2 aromatic heterocycles. The van der Waals surface area contributed by atoms with Crippen molar-refractivity contribution in [3.8, 4) is 11.1 Å². The number of hydrogen-bond acceptors (Lipinski definition) is 4. The quantitative estimate of drug-likeness (QED) is 0.746. The van der Waals surface area contributed by atoms with Gasteiger partial charge in [0.2, 0.25) is 5.91 Å². The van der Waals surface area contributed by atoms with Crippen molar-refractivity contribution in [1.29, 1.82) is 0 Å². The summed E-state index contributed by atoms with van der Waals surface area (Å²) in [6, 6.07) is 13.6. The number of amides is 1. The van der Waals surface area contributed by atoms with Crippen LogP contribution in [0.4, 0.5) is 5.82 Å². The molecule has 24 heavy (non-hydrogen) atoms. The molecule has 0 unspecified atom stereocenters. The zero-order chi connectivity index (χ0) is 16.9. The number of benzene rings is 1. The van der Waals surface area contributed by atoms with Crippen LogP contribution in [0.2, 0.25) is 5.02 Å². The van der Waals surface area contributed by atoms with Crippen LogP contribution >= 0.6 is 11.6 Å². The van der Waals surface area contributed by atoms with E-state index in [0.29, 0.717) is 17.4 Å². The molecule has 0 aliphatic rings. The predicted octanol–water partition coefficient (Wildman–Crippen LogP) is 3.51. The SMILES string of the molecule is NC(=O)c1cnc(NCc2ccc(-c3cccnc3)cc2)c(Cl)c1. The molecule has 6 heteroatoms. The number of rotatable bonds is 5. The average Bonchev–Trinajstić information content (AvgIpc) is 2.62. The Morgan fingerprint density at radius 2 is 1.92 bits per heavy atom. The van der Waals surface area contributed by atoms with E-state index in [-0.39, 0.29) is 5.56 Å². The van der Waals surface area contributed by atoms with Gasteiger partial charge in [0.25, 0.3) is 0 Å². The van der Waals surface area contributed by atoms with E-state index in [2.05, 4.69) is 15.3 Å². The van der Waals surface area contributed by atoms with Crippen molar-refractivity contribution in [3.05, 3.63) is 77.2 Å². The molecular weight excluding hydrogens is 324 g/mol. The van der Waals surface area contributed by atoms with Gasteiger partial charge in [0, 0.05) is 25.1 Å². The van der Waals surface area contributed by atoms with Crippen molar-refractivity contribution in [2.45, 2.75) is 6.54 Å². The van der Waals surface area contributed by atoms with Crippen molar-refractivity contribution in [3.63, 3.8) is 0 Å². The number of carbonyl (C=O) groups is 1. The molecule has 0 bridgehead atoms. The van der Waals surface area contributed by atoms with E-state index in [0.717, 1.165) is 16.7 Å². The number of nitrogens with zero attached hydrogens (tertiary/aromatic N) is 2. The molecule has 0 radical (unpaired) electrons. The number of carbonyl (C=O) groups excluding carboxylic acids is 1. The monoisotopic (exact) mass is 338 g/mol. The molecular formula is C18H15ClN4O. The lowest BCUT2D eigenvalue weighted by atomic mass is 10.1. The Labute approximate surface area is 144 Å². The van der Waals surface area contributed by atoms with Gasteiger partial charge in [0.15, 0.2) is 0 Å². The molecule has 0 fully saturated rings. The summed E-state index contributed by atoms with van der Waals surface area (Å²) < 4.78 is 0. The highest BCUT2D eigenvalue weighted by molar-refractivity contribution is 6.33. The fraction of sp³-hybridized carbons (Fsp3) is 0.0556. The van der Waals surface area contributed by atoms with Crippen LogP contribution in [0.15, 0.2) is 61.1 Å². The van der Waals surface area contributed by atoms with Gasteiger partial charge in [-0.3, -0.25) is 9.78 Å². The minimum Gasteiger partial charge on any atom is -0.366 e. The lowest BCUT2D eigenvalue weighted by molar-refractivity contribution is 0.1000. The molecule has 120 valence electrons. The van der Waals surface area contributed by atoms with Gasteiger partial charge in [-0.05, 0) is 28.8 Å². The van der Waals surface area contributed by atoms with Crippen LogP contribution in [-0.4, -0.2) is 15.9 Å². The van der Waals surface area contributed by atoms with Gasteiger partial charge < -0.3 is 11.1 Å². The molecule has 0 atom stereocenters. The normalized spacial score (nSPS) is 10.4. The van der Waals surface area contributed by atoms with Crippen LogP contribution in [0, 0.1) is 0 Å². The highest BCUT2D eigenvalue weighted by Gasteiger charge is 2.07. The first kappa shape index (κ1) is 16.0. The number of anilines is 1. The van der Waals surface area contributed by atoms with Crippen LogP contribution in [0.25, 0.3) is 11.1 Å². The lowest BCUT2D eigenvalue weighted by Crippen LogP contribution is -2.12. The third kappa shape index (κ3) is 3.70. The highest BCUT2D eigenvalue weighted by atomic mass is 35.5. The first-order valence-corrected chi connectivity index (χ1v) is 7.70. The Kier molecular flexibility index (Phi) is 4.72. The van der Waals surface area contributed by atoms with Crippen LogP contribution in [0.5, 0.6) is 0 Å². The minimum absolute atomic E-state index is 0.284. The first-order valence-electron chi connectivity index (χ1n) is 7.32. The molecule has 0 spiro atoms. The van der Waals surface area contributed by atoms with Crippen molar-refractivity contribution in [2.75, 3.05) is 5.32 Å². The fourth-order valence-electron chi connectivity index (χ4n) is 2.24. The molecule has 0 aliphatic carbocycles. The van der Waals surface area contributed by atoms with Gasteiger partial charge in [0.05, 0.1) is 10.6 Å². The average molecular weight is 339 g/mol. The molecule has 0 aliphatic heterocycles. The summed E-state index contributed by atoms with van der Waals surface area (Å²) >= 11 is 6.11. The molecule has 5 nitrogen and oxygen atoms in total. The van der Waals surface area contributed by atoms with E-state index in [9.17, 15) is 4.79 Å². The maximum Gasteiger partial charge on any atom is 0.250 e. The first-order chi connectivity index (χ1) is 11.6. The van der Waals surface area contributed by atoms with Crippen LogP contribution < -0.4 is 11.1 Å². The molecule has 3 rings (SSSR count). The van der Waals surface area contributed by atoms with Gasteiger partial charge in [-0.15, -0.1) is 0 Å². The summed E-state index contributed by atoms with van der Waals surface area (Å²) in [6.07, 6.45) is 4.99. The number of pyridine rings is 2.